The zero-order valence-corrected chi connectivity index (χ0v) is 17.8. The first kappa shape index (κ1) is 18.6. The summed E-state index contributed by atoms with van der Waals surface area (Å²) in [6.07, 6.45) is 0. The molecule has 5 rings (SSSR count). The van der Waals surface area contributed by atoms with Crippen LogP contribution in [0.25, 0.3) is 21.0 Å². The van der Waals surface area contributed by atoms with Gasteiger partial charge in [-0.2, -0.15) is 4.98 Å². The summed E-state index contributed by atoms with van der Waals surface area (Å²) in [4.78, 5) is 15.6. The Morgan fingerprint density at radius 2 is 1.86 bits per heavy atom. The van der Waals surface area contributed by atoms with E-state index in [1.54, 1.807) is 0 Å². The number of rotatable bonds is 4. The molecular formula is C22H22ClN5S. The van der Waals surface area contributed by atoms with E-state index in [4.69, 9.17) is 21.6 Å². The third-order valence-electron chi connectivity index (χ3n) is 5.34. The van der Waals surface area contributed by atoms with Crippen molar-refractivity contribution >= 4 is 55.7 Å². The molecule has 0 atom stereocenters. The van der Waals surface area contributed by atoms with Gasteiger partial charge in [0.2, 0.25) is 5.95 Å². The van der Waals surface area contributed by atoms with E-state index in [9.17, 15) is 0 Å². The van der Waals surface area contributed by atoms with Gasteiger partial charge in [-0.3, -0.25) is 0 Å². The van der Waals surface area contributed by atoms with Crippen LogP contribution in [-0.4, -0.2) is 48.1 Å². The van der Waals surface area contributed by atoms with Gasteiger partial charge in [-0.05, 0) is 42.8 Å². The van der Waals surface area contributed by atoms with E-state index in [1.165, 1.54) is 15.0 Å². The lowest BCUT2D eigenvalue weighted by atomic mass is 10.2. The van der Waals surface area contributed by atoms with Gasteiger partial charge in [-0.25, -0.2) is 4.98 Å². The summed E-state index contributed by atoms with van der Waals surface area (Å²) < 4.78 is 1.30. The molecule has 148 valence electrons. The molecule has 0 unspecified atom stereocenters. The Balaban J connectivity index is 1.47. The molecule has 1 aliphatic rings. The van der Waals surface area contributed by atoms with Crippen LogP contribution in [0.5, 0.6) is 0 Å². The van der Waals surface area contributed by atoms with Crippen LogP contribution >= 0.6 is 22.9 Å². The maximum atomic E-state index is 6.27. The van der Waals surface area contributed by atoms with Crippen LogP contribution in [-0.2, 0) is 6.54 Å². The summed E-state index contributed by atoms with van der Waals surface area (Å²) in [6.45, 7) is 4.63. The molecule has 5 nitrogen and oxygen atoms in total. The monoisotopic (exact) mass is 423 g/mol. The molecule has 0 amide bonds. The molecule has 1 fully saturated rings. The second-order valence-electron chi connectivity index (χ2n) is 7.43. The zero-order valence-electron chi connectivity index (χ0n) is 16.2. The molecule has 0 aliphatic carbocycles. The van der Waals surface area contributed by atoms with Gasteiger partial charge >= 0.3 is 0 Å². The lowest BCUT2D eigenvalue weighted by Crippen LogP contribution is -2.45. The molecule has 2 aromatic carbocycles. The van der Waals surface area contributed by atoms with Gasteiger partial charge in [0, 0.05) is 46.2 Å². The summed E-state index contributed by atoms with van der Waals surface area (Å²) in [6, 6.07) is 16.5. The topological polar surface area (TPSA) is 44.3 Å². The molecule has 1 aliphatic heterocycles. The minimum absolute atomic E-state index is 0.693. The number of piperazine rings is 1. The van der Waals surface area contributed by atoms with Gasteiger partial charge in [-0.1, -0.05) is 29.8 Å². The van der Waals surface area contributed by atoms with Crippen molar-refractivity contribution in [3.8, 4) is 0 Å². The first-order valence-corrected chi connectivity index (χ1v) is 11.0. The molecule has 29 heavy (non-hydrogen) atoms. The normalized spacial score (nSPS) is 15.3. The Labute approximate surface area is 178 Å². The quantitative estimate of drug-likeness (QED) is 0.507. The third kappa shape index (κ3) is 3.88. The number of anilines is 2. The fraction of sp³-hybridized carbons (Fsp3) is 0.273. The fourth-order valence-electron chi connectivity index (χ4n) is 3.67. The molecule has 7 heteroatoms. The number of likely N-dealkylation sites (N-methyl/N-ethyl adjacent to an activating group) is 1. The fourth-order valence-corrected chi connectivity index (χ4v) is 4.84. The summed E-state index contributed by atoms with van der Waals surface area (Å²) in [5.41, 5.74) is 0.914. The standard InChI is InChI=1S/C22H22ClN5S/c1-27-8-10-28(11-9-27)22-25-19-7-6-16(23)13-18(19)21(26-22)24-14-17-12-15-4-2-3-5-20(15)29-17/h2-7,12-13H,8-11,14H2,1H3,(H,24,25,26). The number of aromatic nitrogens is 2. The van der Waals surface area contributed by atoms with Crippen LogP contribution < -0.4 is 10.2 Å². The molecule has 0 spiro atoms. The highest BCUT2D eigenvalue weighted by Gasteiger charge is 2.18. The molecule has 1 saturated heterocycles. The molecule has 3 heterocycles. The van der Waals surface area contributed by atoms with Crippen molar-refractivity contribution < 1.29 is 0 Å². The molecule has 0 radical (unpaired) electrons. The van der Waals surface area contributed by atoms with E-state index >= 15 is 0 Å². The highest BCUT2D eigenvalue weighted by molar-refractivity contribution is 7.19. The van der Waals surface area contributed by atoms with Crippen molar-refractivity contribution in [2.24, 2.45) is 0 Å². The number of halogens is 1. The molecular weight excluding hydrogens is 402 g/mol. The van der Waals surface area contributed by atoms with Crippen LogP contribution in [0.1, 0.15) is 4.88 Å². The largest absolute Gasteiger partial charge is 0.364 e. The van der Waals surface area contributed by atoms with Crippen LogP contribution in [0.3, 0.4) is 0 Å². The van der Waals surface area contributed by atoms with Gasteiger partial charge in [-0.15, -0.1) is 11.3 Å². The van der Waals surface area contributed by atoms with Crippen molar-refractivity contribution in [1.82, 2.24) is 14.9 Å². The van der Waals surface area contributed by atoms with Crippen molar-refractivity contribution in [3.63, 3.8) is 0 Å². The van der Waals surface area contributed by atoms with Crippen molar-refractivity contribution in [2.45, 2.75) is 6.54 Å². The Morgan fingerprint density at radius 1 is 1.03 bits per heavy atom. The molecule has 0 bridgehead atoms. The summed E-state index contributed by atoms with van der Waals surface area (Å²) in [5.74, 6) is 1.62. The van der Waals surface area contributed by atoms with Gasteiger partial charge in [0.05, 0.1) is 12.1 Å². The first-order chi connectivity index (χ1) is 14.2. The predicted molar refractivity (Wildman–Crippen MR) is 123 cm³/mol. The lowest BCUT2D eigenvalue weighted by Gasteiger charge is -2.32. The summed E-state index contributed by atoms with van der Waals surface area (Å²) >= 11 is 8.08. The van der Waals surface area contributed by atoms with E-state index in [2.05, 4.69) is 52.5 Å². The van der Waals surface area contributed by atoms with E-state index in [-0.39, 0.29) is 0 Å². The third-order valence-corrected chi connectivity index (χ3v) is 6.69. The Bertz CT molecular complexity index is 1130. The van der Waals surface area contributed by atoms with Gasteiger partial charge in [0.25, 0.3) is 0 Å². The maximum absolute atomic E-state index is 6.27. The summed E-state index contributed by atoms with van der Waals surface area (Å²) in [5, 5.41) is 6.47. The minimum atomic E-state index is 0.693. The van der Waals surface area contributed by atoms with E-state index < -0.39 is 0 Å². The number of thiophene rings is 1. The van der Waals surface area contributed by atoms with E-state index in [1.807, 2.05) is 29.5 Å². The van der Waals surface area contributed by atoms with Crippen molar-refractivity contribution in [3.05, 3.63) is 58.4 Å². The lowest BCUT2D eigenvalue weighted by molar-refractivity contribution is 0.311. The predicted octanol–water partition coefficient (Wildman–Crippen LogP) is 4.86. The number of benzene rings is 2. The number of hydrogen-bond acceptors (Lipinski definition) is 6. The minimum Gasteiger partial charge on any atom is -0.364 e. The van der Waals surface area contributed by atoms with Crippen LogP contribution in [0.2, 0.25) is 5.02 Å². The number of fused-ring (bicyclic) bond motifs is 2. The molecule has 0 saturated carbocycles. The summed E-state index contributed by atoms with van der Waals surface area (Å²) in [7, 11) is 2.15. The van der Waals surface area contributed by atoms with Crippen molar-refractivity contribution in [2.75, 3.05) is 43.4 Å². The van der Waals surface area contributed by atoms with Gasteiger partial charge in [0.1, 0.15) is 5.82 Å². The van der Waals surface area contributed by atoms with Crippen LogP contribution in [0, 0.1) is 0 Å². The van der Waals surface area contributed by atoms with Crippen LogP contribution in [0.4, 0.5) is 11.8 Å². The van der Waals surface area contributed by atoms with E-state index in [0.717, 1.165) is 55.4 Å². The SMILES string of the molecule is CN1CCN(c2nc(NCc3cc4ccccc4s3)c3cc(Cl)ccc3n2)CC1. The Hall–Kier alpha value is -2.41. The van der Waals surface area contributed by atoms with Gasteiger partial charge in [0.15, 0.2) is 0 Å². The van der Waals surface area contributed by atoms with Crippen molar-refractivity contribution in [1.29, 1.82) is 0 Å². The number of nitrogens with zero attached hydrogens (tertiary/aromatic N) is 4. The first-order valence-electron chi connectivity index (χ1n) is 9.78. The number of hydrogen-bond donors (Lipinski definition) is 1. The van der Waals surface area contributed by atoms with Gasteiger partial charge < -0.3 is 15.1 Å². The average Bonchev–Trinajstić information content (AvgIpc) is 3.15. The molecule has 2 aromatic heterocycles. The van der Waals surface area contributed by atoms with Crippen LogP contribution in [0.15, 0.2) is 48.5 Å². The Kier molecular flexibility index (Phi) is 4.99. The second kappa shape index (κ2) is 7.78. The average molecular weight is 424 g/mol. The smallest absolute Gasteiger partial charge is 0.227 e. The maximum Gasteiger partial charge on any atom is 0.227 e. The Morgan fingerprint density at radius 3 is 2.69 bits per heavy atom. The zero-order chi connectivity index (χ0) is 19.8. The second-order valence-corrected chi connectivity index (χ2v) is 9.03. The molecule has 4 aromatic rings. The molecule has 1 N–H and O–H groups in total. The van der Waals surface area contributed by atoms with E-state index in [0.29, 0.717) is 5.02 Å². The highest BCUT2D eigenvalue weighted by Crippen LogP contribution is 2.29. The highest BCUT2D eigenvalue weighted by atomic mass is 35.5. The number of nitrogens with one attached hydrogen (secondary N) is 1.